The zero-order chi connectivity index (χ0) is 22.7. The first-order valence-electron chi connectivity index (χ1n) is 10.3. The highest BCUT2D eigenvalue weighted by Crippen LogP contribution is 2.35. The molecule has 9 heteroatoms. The molecule has 0 fully saturated rings. The minimum atomic E-state index is -0.249. The molecule has 8 nitrogen and oxygen atoms in total. The SMILES string of the molecule is CCC(NC(=O)c1sc2nc(COC)nc(OC)c2c1C)c1ncc(-c2ccccc2)[nH]1. The van der Waals surface area contributed by atoms with E-state index in [1.54, 1.807) is 20.4 Å². The van der Waals surface area contributed by atoms with Gasteiger partial charge in [0.05, 0.1) is 35.3 Å². The minimum Gasteiger partial charge on any atom is -0.480 e. The van der Waals surface area contributed by atoms with Gasteiger partial charge in [0.15, 0.2) is 5.82 Å². The lowest BCUT2D eigenvalue weighted by atomic mass is 10.1. The van der Waals surface area contributed by atoms with E-state index in [1.807, 2.05) is 44.2 Å². The Morgan fingerprint density at radius 3 is 2.69 bits per heavy atom. The highest BCUT2D eigenvalue weighted by atomic mass is 32.1. The van der Waals surface area contributed by atoms with Crippen molar-refractivity contribution in [1.29, 1.82) is 0 Å². The predicted octanol–water partition coefficient (Wildman–Crippen LogP) is 4.43. The average Bonchev–Trinajstić information content (AvgIpc) is 3.43. The largest absolute Gasteiger partial charge is 0.480 e. The van der Waals surface area contributed by atoms with Crippen LogP contribution in [0, 0.1) is 6.92 Å². The van der Waals surface area contributed by atoms with Crippen LogP contribution < -0.4 is 10.1 Å². The number of nitrogens with zero attached hydrogens (tertiary/aromatic N) is 3. The van der Waals surface area contributed by atoms with Crippen molar-refractivity contribution in [3.8, 4) is 17.1 Å². The number of carbonyl (C=O) groups excluding carboxylic acids is 1. The average molecular weight is 452 g/mol. The highest BCUT2D eigenvalue weighted by Gasteiger charge is 2.24. The normalized spacial score (nSPS) is 12.1. The molecule has 0 radical (unpaired) electrons. The van der Waals surface area contributed by atoms with Gasteiger partial charge >= 0.3 is 0 Å². The van der Waals surface area contributed by atoms with Crippen LogP contribution in [0.3, 0.4) is 0 Å². The Kier molecular flexibility index (Phi) is 6.48. The Bertz CT molecular complexity index is 1240. The Morgan fingerprint density at radius 2 is 2.00 bits per heavy atom. The number of fused-ring (bicyclic) bond motifs is 1. The Morgan fingerprint density at radius 1 is 1.22 bits per heavy atom. The number of aromatic amines is 1. The molecule has 0 aliphatic carbocycles. The zero-order valence-electron chi connectivity index (χ0n) is 18.4. The van der Waals surface area contributed by atoms with E-state index in [4.69, 9.17) is 9.47 Å². The smallest absolute Gasteiger partial charge is 0.262 e. The number of H-pyrrole nitrogens is 1. The van der Waals surface area contributed by atoms with Gasteiger partial charge in [-0.1, -0.05) is 37.3 Å². The number of carbonyl (C=O) groups is 1. The van der Waals surface area contributed by atoms with Crippen LogP contribution in [0.2, 0.25) is 0 Å². The maximum absolute atomic E-state index is 13.2. The lowest BCUT2D eigenvalue weighted by Crippen LogP contribution is -2.28. The van der Waals surface area contributed by atoms with E-state index in [1.165, 1.54) is 11.3 Å². The molecule has 0 saturated carbocycles. The summed E-state index contributed by atoms with van der Waals surface area (Å²) in [7, 11) is 3.14. The lowest BCUT2D eigenvalue weighted by Gasteiger charge is -2.14. The van der Waals surface area contributed by atoms with Crippen LogP contribution in [-0.2, 0) is 11.3 Å². The molecule has 166 valence electrons. The van der Waals surface area contributed by atoms with Gasteiger partial charge in [-0.15, -0.1) is 11.3 Å². The van der Waals surface area contributed by atoms with E-state index in [2.05, 4.69) is 25.3 Å². The van der Waals surface area contributed by atoms with Gasteiger partial charge < -0.3 is 19.8 Å². The maximum atomic E-state index is 13.2. The number of hydrogen-bond donors (Lipinski definition) is 2. The quantitative estimate of drug-likeness (QED) is 0.411. The van der Waals surface area contributed by atoms with Crippen molar-refractivity contribution >= 4 is 27.5 Å². The Balaban J connectivity index is 1.61. The van der Waals surface area contributed by atoms with E-state index >= 15 is 0 Å². The van der Waals surface area contributed by atoms with Gasteiger partial charge in [0.25, 0.3) is 5.91 Å². The van der Waals surface area contributed by atoms with Crippen LogP contribution in [0.25, 0.3) is 21.5 Å². The number of ether oxygens (including phenoxy) is 2. The first kappa shape index (κ1) is 21.9. The number of imidazole rings is 1. The molecule has 32 heavy (non-hydrogen) atoms. The number of benzene rings is 1. The Labute approximate surface area is 190 Å². The van der Waals surface area contributed by atoms with Crippen molar-refractivity contribution in [2.75, 3.05) is 14.2 Å². The van der Waals surface area contributed by atoms with Gasteiger partial charge in [-0.3, -0.25) is 4.79 Å². The molecule has 0 bridgehead atoms. The summed E-state index contributed by atoms with van der Waals surface area (Å²) < 4.78 is 10.6. The molecule has 1 atom stereocenters. The second kappa shape index (κ2) is 9.46. The van der Waals surface area contributed by atoms with Gasteiger partial charge in [-0.05, 0) is 24.5 Å². The molecule has 4 rings (SSSR count). The van der Waals surface area contributed by atoms with Crippen LogP contribution in [-0.4, -0.2) is 40.1 Å². The van der Waals surface area contributed by atoms with E-state index in [0.29, 0.717) is 27.8 Å². The van der Waals surface area contributed by atoms with Gasteiger partial charge in [-0.25, -0.2) is 9.97 Å². The standard InChI is InChI=1S/C23H25N5O3S/c1-5-15(20-24-11-16(25-20)14-9-7-6-8-10-14)26-21(29)19-13(2)18-22(31-4)27-17(12-30-3)28-23(18)32-19/h6-11,15H,5,12H2,1-4H3,(H,24,25)(H,26,29). The molecule has 0 aliphatic heterocycles. The van der Waals surface area contributed by atoms with Crippen molar-refractivity contribution in [1.82, 2.24) is 25.3 Å². The molecule has 0 aliphatic rings. The van der Waals surface area contributed by atoms with Crippen molar-refractivity contribution in [2.45, 2.75) is 32.9 Å². The summed E-state index contributed by atoms with van der Waals surface area (Å²) in [5.74, 6) is 1.50. The van der Waals surface area contributed by atoms with Gasteiger partial charge in [-0.2, -0.15) is 4.98 Å². The molecule has 2 N–H and O–H groups in total. The molecule has 0 saturated heterocycles. The summed E-state index contributed by atoms with van der Waals surface area (Å²) in [6.07, 6.45) is 2.49. The summed E-state index contributed by atoms with van der Waals surface area (Å²) in [6.45, 7) is 4.17. The number of rotatable bonds is 8. The number of aryl methyl sites for hydroxylation is 1. The fourth-order valence-electron chi connectivity index (χ4n) is 3.57. The summed E-state index contributed by atoms with van der Waals surface area (Å²) in [4.78, 5) is 31.3. The minimum absolute atomic E-state index is 0.176. The molecule has 0 spiro atoms. The first-order chi connectivity index (χ1) is 15.5. The van der Waals surface area contributed by atoms with Crippen LogP contribution in [0.15, 0.2) is 36.5 Å². The molecular formula is C23H25N5O3S. The second-order valence-electron chi connectivity index (χ2n) is 7.30. The fraction of sp³-hybridized carbons (Fsp3) is 0.304. The van der Waals surface area contributed by atoms with Crippen molar-refractivity contribution in [3.05, 3.63) is 58.6 Å². The van der Waals surface area contributed by atoms with Crippen LogP contribution in [0.4, 0.5) is 0 Å². The molecule has 4 aromatic rings. The monoisotopic (exact) mass is 451 g/mol. The molecule has 1 amide bonds. The summed E-state index contributed by atoms with van der Waals surface area (Å²) >= 11 is 1.32. The number of nitrogens with one attached hydrogen (secondary N) is 2. The third-order valence-electron chi connectivity index (χ3n) is 5.20. The van der Waals surface area contributed by atoms with Crippen LogP contribution in [0.1, 0.15) is 46.3 Å². The van der Waals surface area contributed by atoms with E-state index in [9.17, 15) is 4.79 Å². The summed E-state index contributed by atoms with van der Waals surface area (Å²) in [6, 6.07) is 9.72. The molecular weight excluding hydrogens is 426 g/mol. The fourth-order valence-corrected chi connectivity index (χ4v) is 4.66. The topological polar surface area (TPSA) is 102 Å². The molecule has 3 aromatic heterocycles. The van der Waals surface area contributed by atoms with Crippen LogP contribution in [0.5, 0.6) is 5.88 Å². The number of hydrogen-bond acceptors (Lipinski definition) is 7. The molecule has 1 aromatic carbocycles. The second-order valence-corrected chi connectivity index (χ2v) is 8.30. The predicted molar refractivity (Wildman–Crippen MR) is 124 cm³/mol. The zero-order valence-corrected chi connectivity index (χ0v) is 19.2. The number of aromatic nitrogens is 4. The molecule has 3 heterocycles. The van der Waals surface area contributed by atoms with Crippen molar-refractivity contribution < 1.29 is 14.3 Å². The maximum Gasteiger partial charge on any atom is 0.262 e. The van der Waals surface area contributed by atoms with E-state index in [0.717, 1.165) is 28.0 Å². The van der Waals surface area contributed by atoms with Gasteiger partial charge in [0.1, 0.15) is 17.3 Å². The lowest BCUT2D eigenvalue weighted by molar-refractivity contribution is 0.0937. The first-order valence-corrected chi connectivity index (χ1v) is 11.1. The number of amides is 1. The third kappa shape index (κ3) is 4.21. The van der Waals surface area contributed by atoms with E-state index < -0.39 is 0 Å². The molecule has 1 unspecified atom stereocenters. The van der Waals surface area contributed by atoms with Crippen molar-refractivity contribution in [2.24, 2.45) is 0 Å². The summed E-state index contributed by atoms with van der Waals surface area (Å²) in [5.41, 5.74) is 2.75. The van der Waals surface area contributed by atoms with Crippen molar-refractivity contribution in [3.63, 3.8) is 0 Å². The van der Waals surface area contributed by atoms with Crippen LogP contribution >= 0.6 is 11.3 Å². The van der Waals surface area contributed by atoms with Gasteiger partial charge in [0, 0.05) is 7.11 Å². The summed E-state index contributed by atoms with van der Waals surface area (Å²) in [5, 5.41) is 3.86. The number of thiophene rings is 1. The van der Waals surface area contributed by atoms with E-state index in [-0.39, 0.29) is 18.6 Å². The number of methoxy groups -OCH3 is 2. The van der Waals surface area contributed by atoms with Gasteiger partial charge in [0.2, 0.25) is 5.88 Å². The third-order valence-corrected chi connectivity index (χ3v) is 6.38. The highest BCUT2D eigenvalue weighted by molar-refractivity contribution is 7.20. The Hall–Kier alpha value is -3.30.